The van der Waals surface area contributed by atoms with E-state index in [4.69, 9.17) is 5.73 Å². The van der Waals surface area contributed by atoms with Crippen LogP contribution in [0.25, 0.3) is 0 Å². The van der Waals surface area contributed by atoms with Gasteiger partial charge in [0, 0.05) is 41.8 Å². The standard InChI is InChI=1S/C31H34F3N5O3/c1-30(2,3)20-8-6-19(7-9-20)28(41)37-23-14-15-25(27(35)40)26(17-23)36-24-5-4-16-39(18-24)29(42)38-22-12-10-21(11-13-22)31(32,33)34/h6-15,17,24,36H,4-5,16,18H2,1-3H3,(H2,35,40)(H,37,41)(H,38,42). The van der Waals surface area contributed by atoms with Crippen molar-refractivity contribution in [1.82, 2.24) is 4.90 Å². The third-order valence-corrected chi connectivity index (χ3v) is 7.09. The summed E-state index contributed by atoms with van der Waals surface area (Å²) in [6.07, 6.45) is -3.11. The van der Waals surface area contributed by atoms with Gasteiger partial charge in [0.25, 0.3) is 11.8 Å². The Morgan fingerprint density at radius 1 is 0.857 bits per heavy atom. The number of primary amides is 1. The number of carbonyl (C=O) groups excluding carboxylic acids is 3. The normalized spacial score (nSPS) is 15.6. The molecular formula is C31H34F3N5O3. The first kappa shape index (κ1) is 30.4. The van der Waals surface area contributed by atoms with Crippen LogP contribution in [0.1, 0.15) is 65.5 Å². The quantitative estimate of drug-likeness (QED) is 0.267. The smallest absolute Gasteiger partial charge is 0.380 e. The molecule has 0 spiro atoms. The monoisotopic (exact) mass is 581 g/mol. The van der Waals surface area contributed by atoms with E-state index < -0.39 is 23.7 Å². The van der Waals surface area contributed by atoms with Gasteiger partial charge in [0.2, 0.25) is 0 Å². The first-order valence-corrected chi connectivity index (χ1v) is 13.6. The molecule has 1 heterocycles. The molecular weight excluding hydrogens is 547 g/mol. The van der Waals surface area contributed by atoms with Crippen LogP contribution in [0.2, 0.25) is 0 Å². The number of amides is 4. The summed E-state index contributed by atoms with van der Waals surface area (Å²) in [5.74, 6) is -0.960. The van der Waals surface area contributed by atoms with Gasteiger partial charge in [-0.15, -0.1) is 0 Å². The number of carbonyl (C=O) groups is 3. The average molecular weight is 582 g/mol. The molecule has 4 amide bonds. The number of likely N-dealkylation sites (tertiary alicyclic amines) is 1. The molecule has 11 heteroatoms. The van der Waals surface area contributed by atoms with Crippen molar-refractivity contribution in [1.29, 1.82) is 0 Å². The van der Waals surface area contributed by atoms with Gasteiger partial charge in [-0.3, -0.25) is 9.59 Å². The molecule has 3 aromatic carbocycles. The SMILES string of the molecule is CC(C)(C)c1ccc(C(=O)Nc2ccc(C(N)=O)c(NC3CCCN(C(=O)Nc4ccc(C(F)(F)F)cc4)C3)c2)cc1. The fourth-order valence-electron chi connectivity index (χ4n) is 4.73. The maximum atomic E-state index is 12.9. The number of halogens is 3. The minimum absolute atomic E-state index is 0.0439. The molecule has 42 heavy (non-hydrogen) atoms. The number of hydrogen-bond donors (Lipinski definition) is 4. The van der Waals surface area contributed by atoms with Gasteiger partial charge in [0.05, 0.1) is 11.1 Å². The molecule has 4 rings (SSSR count). The maximum Gasteiger partial charge on any atom is 0.416 e. The number of rotatable bonds is 6. The molecule has 1 saturated heterocycles. The van der Waals surface area contributed by atoms with E-state index in [9.17, 15) is 27.6 Å². The minimum Gasteiger partial charge on any atom is -0.380 e. The molecule has 8 nitrogen and oxygen atoms in total. The summed E-state index contributed by atoms with van der Waals surface area (Å²) in [6.45, 7) is 7.01. The summed E-state index contributed by atoms with van der Waals surface area (Å²) in [7, 11) is 0. The molecule has 222 valence electrons. The van der Waals surface area contributed by atoms with Crippen molar-refractivity contribution >= 4 is 34.9 Å². The van der Waals surface area contributed by atoms with E-state index in [-0.39, 0.29) is 35.2 Å². The summed E-state index contributed by atoms with van der Waals surface area (Å²) >= 11 is 0. The van der Waals surface area contributed by atoms with E-state index in [2.05, 4.69) is 36.7 Å². The molecule has 5 N–H and O–H groups in total. The number of benzene rings is 3. The lowest BCUT2D eigenvalue weighted by atomic mass is 9.87. The zero-order valence-corrected chi connectivity index (χ0v) is 23.6. The summed E-state index contributed by atoms with van der Waals surface area (Å²) < 4.78 is 38.5. The highest BCUT2D eigenvalue weighted by Gasteiger charge is 2.30. The fraction of sp³-hybridized carbons (Fsp3) is 0.323. The maximum absolute atomic E-state index is 12.9. The lowest BCUT2D eigenvalue weighted by Gasteiger charge is -2.34. The highest BCUT2D eigenvalue weighted by Crippen LogP contribution is 2.30. The third-order valence-electron chi connectivity index (χ3n) is 7.09. The van der Waals surface area contributed by atoms with Crippen LogP contribution in [0.3, 0.4) is 0 Å². The van der Waals surface area contributed by atoms with Gasteiger partial charge >= 0.3 is 12.2 Å². The highest BCUT2D eigenvalue weighted by molar-refractivity contribution is 6.05. The Balaban J connectivity index is 1.43. The van der Waals surface area contributed by atoms with Crippen molar-refractivity contribution < 1.29 is 27.6 Å². The molecule has 0 saturated carbocycles. The van der Waals surface area contributed by atoms with Gasteiger partial charge in [-0.05, 0) is 78.4 Å². The predicted octanol–water partition coefficient (Wildman–Crippen LogP) is 6.46. The van der Waals surface area contributed by atoms with Crippen LogP contribution in [0.4, 0.5) is 35.0 Å². The van der Waals surface area contributed by atoms with E-state index in [0.717, 1.165) is 17.7 Å². The predicted molar refractivity (Wildman–Crippen MR) is 157 cm³/mol. The topological polar surface area (TPSA) is 117 Å². The van der Waals surface area contributed by atoms with Crippen molar-refractivity contribution in [3.63, 3.8) is 0 Å². The molecule has 1 unspecified atom stereocenters. The highest BCUT2D eigenvalue weighted by atomic mass is 19.4. The summed E-state index contributed by atoms with van der Waals surface area (Å²) in [4.78, 5) is 39.4. The summed E-state index contributed by atoms with van der Waals surface area (Å²) in [6, 6.07) is 15.7. The van der Waals surface area contributed by atoms with Gasteiger partial charge < -0.3 is 26.6 Å². The van der Waals surface area contributed by atoms with Crippen LogP contribution in [0.15, 0.2) is 66.7 Å². The lowest BCUT2D eigenvalue weighted by molar-refractivity contribution is -0.137. The Labute approximate surface area is 242 Å². The number of piperidine rings is 1. The molecule has 0 aromatic heterocycles. The Morgan fingerprint density at radius 3 is 2.07 bits per heavy atom. The molecule has 0 aliphatic carbocycles. The number of nitrogens with one attached hydrogen (secondary N) is 3. The van der Waals surface area contributed by atoms with Crippen molar-refractivity contribution in [3.05, 3.63) is 89.0 Å². The molecule has 1 aliphatic rings. The summed E-state index contributed by atoms with van der Waals surface area (Å²) in [5, 5.41) is 8.77. The number of alkyl halides is 3. The first-order chi connectivity index (χ1) is 19.7. The van der Waals surface area contributed by atoms with Gasteiger partial charge in [-0.25, -0.2) is 4.79 Å². The number of urea groups is 1. The molecule has 0 bridgehead atoms. The Kier molecular flexibility index (Phi) is 8.79. The van der Waals surface area contributed by atoms with Crippen molar-refractivity contribution in [2.75, 3.05) is 29.0 Å². The van der Waals surface area contributed by atoms with E-state index in [1.54, 1.807) is 29.2 Å². The Morgan fingerprint density at radius 2 is 1.48 bits per heavy atom. The fourth-order valence-corrected chi connectivity index (χ4v) is 4.73. The van der Waals surface area contributed by atoms with Gasteiger partial charge in [-0.2, -0.15) is 13.2 Å². The second-order valence-electron chi connectivity index (χ2n) is 11.3. The van der Waals surface area contributed by atoms with Crippen molar-refractivity contribution in [2.24, 2.45) is 5.73 Å². The second kappa shape index (κ2) is 12.1. The number of anilines is 3. The molecule has 1 atom stereocenters. The van der Waals surface area contributed by atoms with Crippen LogP contribution in [0.5, 0.6) is 0 Å². The molecule has 0 radical (unpaired) electrons. The number of hydrogen-bond acceptors (Lipinski definition) is 4. The van der Waals surface area contributed by atoms with Crippen LogP contribution in [0, 0.1) is 0 Å². The summed E-state index contributed by atoms with van der Waals surface area (Å²) in [5.41, 5.74) is 7.69. The van der Waals surface area contributed by atoms with Gasteiger partial charge in [-0.1, -0.05) is 32.9 Å². The van der Waals surface area contributed by atoms with Crippen molar-refractivity contribution in [2.45, 2.75) is 51.2 Å². The zero-order chi connectivity index (χ0) is 30.7. The van der Waals surface area contributed by atoms with Crippen molar-refractivity contribution in [3.8, 4) is 0 Å². The average Bonchev–Trinajstić information content (AvgIpc) is 2.92. The van der Waals surface area contributed by atoms with Crippen LogP contribution >= 0.6 is 0 Å². The van der Waals surface area contributed by atoms with E-state index in [1.807, 2.05) is 12.1 Å². The lowest BCUT2D eigenvalue weighted by Crippen LogP contribution is -2.47. The molecule has 3 aromatic rings. The van der Waals surface area contributed by atoms with Crippen LogP contribution in [-0.4, -0.2) is 41.9 Å². The zero-order valence-electron chi connectivity index (χ0n) is 23.6. The Hall–Kier alpha value is -4.54. The third kappa shape index (κ3) is 7.59. The second-order valence-corrected chi connectivity index (χ2v) is 11.3. The van der Waals surface area contributed by atoms with Crippen LogP contribution in [-0.2, 0) is 11.6 Å². The van der Waals surface area contributed by atoms with Crippen LogP contribution < -0.4 is 21.7 Å². The molecule has 1 aliphatic heterocycles. The number of nitrogens with two attached hydrogens (primary N) is 1. The van der Waals surface area contributed by atoms with E-state index in [1.165, 1.54) is 18.2 Å². The number of nitrogens with zero attached hydrogens (tertiary/aromatic N) is 1. The van der Waals surface area contributed by atoms with Gasteiger partial charge in [0.15, 0.2) is 0 Å². The Bertz CT molecular complexity index is 1450. The van der Waals surface area contributed by atoms with Gasteiger partial charge in [0.1, 0.15) is 0 Å². The van der Waals surface area contributed by atoms with E-state index in [0.29, 0.717) is 36.3 Å². The largest absolute Gasteiger partial charge is 0.416 e. The minimum atomic E-state index is -4.46. The first-order valence-electron chi connectivity index (χ1n) is 13.6. The molecule has 1 fully saturated rings. The van der Waals surface area contributed by atoms with E-state index >= 15 is 0 Å².